The molecule has 0 N–H and O–H groups in total. The molecule has 2 fully saturated rings. The van der Waals surface area contributed by atoms with Gasteiger partial charge in [-0.25, -0.2) is 4.79 Å². The first kappa shape index (κ1) is 28.4. The first-order chi connectivity index (χ1) is 17.8. The summed E-state index contributed by atoms with van der Waals surface area (Å²) >= 11 is 0. The first-order valence-corrected chi connectivity index (χ1v) is 15.6. The fraction of sp³-hybridized carbons (Fsp3) is 0.548. The number of hydrogen-bond donors (Lipinski definition) is 0. The van der Waals surface area contributed by atoms with E-state index < -0.39 is 13.9 Å². The molecule has 0 spiro atoms. The van der Waals surface area contributed by atoms with Crippen LogP contribution in [0.5, 0.6) is 0 Å². The first-order valence-electron chi connectivity index (χ1n) is 13.7. The van der Waals surface area contributed by atoms with Gasteiger partial charge < -0.3 is 13.9 Å². The Morgan fingerprint density at radius 2 is 1.50 bits per heavy atom. The summed E-state index contributed by atoms with van der Waals surface area (Å²) in [5, 5.41) is 2.27. The maximum Gasteiger partial charge on any atom is 0.411 e. The van der Waals surface area contributed by atoms with Gasteiger partial charge in [-0.1, -0.05) is 81.4 Å². The minimum Gasteiger partial charge on any atom is -0.469 e. The zero-order valence-electron chi connectivity index (χ0n) is 24.0. The van der Waals surface area contributed by atoms with Gasteiger partial charge in [-0.2, -0.15) is 0 Å². The quantitative estimate of drug-likeness (QED) is 0.338. The van der Waals surface area contributed by atoms with Crippen LogP contribution in [0.25, 0.3) is 0 Å². The Bertz CT molecular complexity index is 1080. The molecule has 1 aliphatic carbocycles. The zero-order valence-corrected chi connectivity index (χ0v) is 25.0. The van der Waals surface area contributed by atoms with Crippen LogP contribution in [0.3, 0.4) is 0 Å². The van der Waals surface area contributed by atoms with Crippen molar-refractivity contribution < 1.29 is 23.5 Å². The molecule has 0 bridgehead atoms. The Balaban J connectivity index is 1.69. The average Bonchev–Trinajstić information content (AvgIpc) is 3.45. The van der Waals surface area contributed by atoms with Crippen LogP contribution in [0, 0.1) is 5.92 Å². The van der Waals surface area contributed by atoms with Gasteiger partial charge in [0.05, 0.1) is 25.3 Å². The summed E-state index contributed by atoms with van der Waals surface area (Å²) in [6.07, 6.45) is 2.28. The molecular formula is C31H43NO5Si. The highest BCUT2D eigenvalue weighted by Crippen LogP contribution is 2.61. The molecule has 4 rings (SSSR count). The van der Waals surface area contributed by atoms with Gasteiger partial charge in [-0.15, -0.1) is 0 Å². The van der Waals surface area contributed by atoms with Crippen LogP contribution < -0.4 is 10.4 Å². The third-order valence-electron chi connectivity index (χ3n) is 8.09. The van der Waals surface area contributed by atoms with Gasteiger partial charge in [0.1, 0.15) is 5.60 Å². The van der Waals surface area contributed by atoms with E-state index >= 15 is 0 Å². The summed E-state index contributed by atoms with van der Waals surface area (Å²) in [4.78, 5) is 27.6. The molecular weight excluding hydrogens is 494 g/mol. The molecule has 1 saturated heterocycles. The average molecular weight is 538 g/mol. The summed E-state index contributed by atoms with van der Waals surface area (Å²) in [5.74, 6) is 0.0913. The SMILES string of the molecule is COC(=O)CC[C@]12C[C@H]1C[C@H](CO[Si](c1ccccc1)(c1ccccc1)C(C)(C)C)N2C(=O)OC(C)(C)C. The van der Waals surface area contributed by atoms with Crippen LogP contribution in [-0.4, -0.2) is 56.2 Å². The fourth-order valence-corrected chi connectivity index (χ4v) is 11.0. The molecule has 2 aromatic carbocycles. The maximum atomic E-state index is 13.6. The third-order valence-corrected chi connectivity index (χ3v) is 13.1. The number of methoxy groups -OCH3 is 1. The maximum absolute atomic E-state index is 13.6. The van der Waals surface area contributed by atoms with Crippen LogP contribution in [0.1, 0.15) is 67.2 Å². The minimum atomic E-state index is -2.75. The van der Waals surface area contributed by atoms with Gasteiger partial charge in [0.25, 0.3) is 8.32 Å². The zero-order chi connectivity index (χ0) is 27.8. The van der Waals surface area contributed by atoms with Crippen molar-refractivity contribution in [1.29, 1.82) is 0 Å². The molecule has 1 amide bonds. The molecule has 0 radical (unpaired) electrons. The van der Waals surface area contributed by atoms with Gasteiger partial charge in [-0.05, 0) is 61.4 Å². The number of esters is 1. The number of likely N-dealkylation sites (tertiary alicyclic amines) is 1. The summed E-state index contributed by atoms with van der Waals surface area (Å²) in [7, 11) is -1.35. The van der Waals surface area contributed by atoms with Gasteiger partial charge in [0, 0.05) is 6.42 Å². The number of carbonyl (C=O) groups is 2. The number of ether oxygens (including phenoxy) is 2. The van der Waals surface area contributed by atoms with E-state index in [9.17, 15) is 9.59 Å². The molecule has 38 heavy (non-hydrogen) atoms. The second kappa shape index (κ2) is 10.5. The predicted molar refractivity (Wildman–Crippen MR) is 152 cm³/mol. The van der Waals surface area contributed by atoms with E-state index in [0.29, 0.717) is 18.9 Å². The Kier molecular flexibility index (Phi) is 7.83. The largest absolute Gasteiger partial charge is 0.469 e. The molecule has 2 aliphatic rings. The minimum absolute atomic E-state index is 0.122. The molecule has 3 atom stereocenters. The van der Waals surface area contributed by atoms with E-state index in [1.54, 1.807) is 0 Å². The highest BCUT2D eigenvalue weighted by Gasteiger charge is 2.67. The van der Waals surface area contributed by atoms with Crippen LogP contribution >= 0.6 is 0 Å². The van der Waals surface area contributed by atoms with E-state index in [-0.39, 0.29) is 35.1 Å². The van der Waals surface area contributed by atoms with Gasteiger partial charge in [0.2, 0.25) is 0 Å². The van der Waals surface area contributed by atoms with Gasteiger partial charge in [-0.3, -0.25) is 9.69 Å². The third kappa shape index (κ3) is 5.41. The van der Waals surface area contributed by atoms with Crippen LogP contribution in [0.2, 0.25) is 5.04 Å². The number of piperidine rings is 1. The van der Waals surface area contributed by atoms with Gasteiger partial charge >= 0.3 is 12.1 Å². The Hall–Kier alpha value is -2.64. The second-order valence-electron chi connectivity index (χ2n) is 12.8. The Morgan fingerprint density at radius 1 is 0.947 bits per heavy atom. The number of benzene rings is 2. The summed E-state index contributed by atoms with van der Waals surface area (Å²) in [6.45, 7) is 12.9. The number of carbonyl (C=O) groups excluding carboxylic acids is 2. The highest BCUT2D eigenvalue weighted by molar-refractivity contribution is 6.99. The number of hydrogen-bond acceptors (Lipinski definition) is 5. The smallest absolute Gasteiger partial charge is 0.411 e. The molecule has 0 unspecified atom stereocenters. The number of nitrogens with zero attached hydrogens (tertiary/aromatic N) is 1. The van der Waals surface area contributed by atoms with E-state index in [2.05, 4.69) is 69.3 Å². The molecule has 1 aliphatic heterocycles. The van der Waals surface area contributed by atoms with Gasteiger partial charge in [0.15, 0.2) is 0 Å². The molecule has 7 heteroatoms. The van der Waals surface area contributed by atoms with Crippen molar-refractivity contribution in [1.82, 2.24) is 4.90 Å². The molecule has 6 nitrogen and oxygen atoms in total. The summed E-state index contributed by atoms with van der Waals surface area (Å²) < 4.78 is 18.0. The van der Waals surface area contributed by atoms with E-state index in [4.69, 9.17) is 13.9 Å². The molecule has 2 aromatic rings. The van der Waals surface area contributed by atoms with E-state index in [1.807, 2.05) is 37.8 Å². The number of rotatable bonds is 8. The monoisotopic (exact) mass is 537 g/mol. The topological polar surface area (TPSA) is 65.1 Å². The van der Waals surface area contributed by atoms with E-state index in [0.717, 1.165) is 12.8 Å². The van der Waals surface area contributed by atoms with Crippen molar-refractivity contribution in [3.05, 3.63) is 60.7 Å². The Labute approximate surface area is 228 Å². The van der Waals surface area contributed by atoms with Crippen LogP contribution in [-0.2, 0) is 18.7 Å². The summed E-state index contributed by atoms with van der Waals surface area (Å²) in [6, 6.07) is 21.0. The molecule has 1 heterocycles. The number of amides is 1. The highest BCUT2D eigenvalue weighted by atomic mass is 28.4. The Morgan fingerprint density at radius 3 is 1.97 bits per heavy atom. The van der Waals surface area contributed by atoms with Crippen LogP contribution in [0.15, 0.2) is 60.7 Å². The van der Waals surface area contributed by atoms with E-state index in [1.165, 1.54) is 17.5 Å². The molecule has 206 valence electrons. The van der Waals surface area contributed by atoms with Crippen molar-refractivity contribution in [3.8, 4) is 0 Å². The lowest BCUT2D eigenvalue weighted by Crippen LogP contribution is -2.67. The lowest BCUT2D eigenvalue weighted by Gasteiger charge is -2.44. The summed E-state index contributed by atoms with van der Waals surface area (Å²) in [5.41, 5.74) is -0.979. The fourth-order valence-electron chi connectivity index (χ4n) is 6.38. The number of fused-ring (bicyclic) bond motifs is 1. The normalized spacial score (nSPS) is 23.1. The van der Waals surface area contributed by atoms with Crippen molar-refractivity contribution in [3.63, 3.8) is 0 Å². The van der Waals surface area contributed by atoms with Crippen molar-refractivity contribution in [2.45, 2.75) is 89.4 Å². The molecule has 1 saturated carbocycles. The van der Waals surface area contributed by atoms with Crippen molar-refractivity contribution >= 4 is 30.8 Å². The van der Waals surface area contributed by atoms with Crippen LogP contribution in [0.4, 0.5) is 4.79 Å². The van der Waals surface area contributed by atoms with Crippen molar-refractivity contribution in [2.75, 3.05) is 13.7 Å². The standard InChI is InChI=1S/C31H43NO5Si/c1-29(2,3)37-28(34)32-24(20-23-21-31(23,32)19-18-27(33)35-7)22-36-38(30(4,5)6,25-14-10-8-11-15-25)26-16-12-9-13-17-26/h8-17,23-24H,18-22H2,1-7H3/t23-,24-,31+/m1/s1. The second-order valence-corrected chi connectivity index (χ2v) is 17.1. The van der Waals surface area contributed by atoms with Crippen molar-refractivity contribution in [2.24, 2.45) is 5.92 Å². The molecule has 0 aromatic heterocycles. The lowest BCUT2D eigenvalue weighted by atomic mass is 10.1. The predicted octanol–water partition coefficient (Wildman–Crippen LogP) is 5.28. The lowest BCUT2D eigenvalue weighted by molar-refractivity contribution is -0.141.